The number of hydrogen-bond donors (Lipinski definition) is 0. The molecule has 0 amide bonds. The van der Waals surface area contributed by atoms with Crippen LogP contribution in [0.15, 0.2) is 46.7 Å². The second kappa shape index (κ2) is 6.60. The molecule has 1 atom stereocenters. The normalized spacial score (nSPS) is 30.5. The molecule has 0 spiro atoms. The van der Waals surface area contributed by atoms with E-state index in [2.05, 4.69) is 49.3 Å². The van der Waals surface area contributed by atoms with Crippen molar-refractivity contribution in [2.45, 2.75) is 69.4 Å². The Labute approximate surface area is 154 Å². The van der Waals surface area contributed by atoms with E-state index < -0.39 is 21.0 Å². The van der Waals surface area contributed by atoms with Gasteiger partial charge in [0.25, 0.3) is 0 Å². The van der Waals surface area contributed by atoms with Gasteiger partial charge in [0.1, 0.15) is 5.60 Å². The lowest BCUT2D eigenvalue weighted by Gasteiger charge is -2.58. The number of rotatable bonds is 3. The Morgan fingerprint density at radius 1 is 1.04 bits per heavy atom. The largest absolute Gasteiger partial charge is 0.404 e. The van der Waals surface area contributed by atoms with Crippen LogP contribution in [0.3, 0.4) is 0 Å². The van der Waals surface area contributed by atoms with Crippen molar-refractivity contribution in [1.29, 1.82) is 0 Å². The Kier molecular flexibility index (Phi) is 4.94. The van der Waals surface area contributed by atoms with Crippen LogP contribution in [0.5, 0.6) is 0 Å². The molecule has 1 saturated carbocycles. The van der Waals surface area contributed by atoms with Crippen molar-refractivity contribution in [3.05, 3.63) is 36.7 Å². The van der Waals surface area contributed by atoms with E-state index >= 15 is 0 Å². The van der Waals surface area contributed by atoms with Crippen LogP contribution in [0, 0.1) is 5.92 Å². The highest BCUT2D eigenvalue weighted by molar-refractivity contribution is 7.39. The molecule has 5 heteroatoms. The van der Waals surface area contributed by atoms with Gasteiger partial charge in [-0.1, -0.05) is 70.5 Å². The average molecular weight is 373 g/mol. The highest BCUT2D eigenvalue weighted by Crippen LogP contribution is 2.57. The molecule has 1 unspecified atom stereocenters. The van der Waals surface area contributed by atoms with Gasteiger partial charge in [0.05, 0.1) is 7.59 Å². The predicted octanol–water partition coefficient (Wildman–Crippen LogP) is 5.44. The first-order chi connectivity index (χ1) is 11.8. The molecule has 0 aromatic rings. The fourth-order valence-corrected chi connectivity index (χ4v) is 14.4. The molecule has 0 aromatic heterocycles. The minimum Gasteiger partial charge on any atom is -0.404 e. The van der Waals surface area contributed by atoms with Crippen LogP contribution >= 0.6 is 0 Å². The lowest BCUT2D eigenvalue weighted by Crippen LogP contribution is -2.69. The lowest BCUT2D eigenvalue weighted by molar-refractivity contribution is 0.180. The van der Waals surface area contributed by atoms with Crippen LogP contribution in [0.2, 0.25) is 31.7 Å². The second-order valence-corrected chi connectivity index (χ2v) is 23.5. The molecule has 2 fully saturated rings. The molecular formula is C20H32N2OSi2. The molecule has 1 aliphatic carbocycles. The summed E-state index contributed by atoms with van der Waals surface area (Å²) >= 11 is 0. The van der Waals surface area contributed by atoms with Gasteiger partial charge in [-0.05, 0) is 24.6 Å². The first kappa shape index (κ1) is 18.7. The van der Waals surface area contributed by atoms with Crippen molar-refractivity contribution >= 4 is 27.9 Å². The molecule has 1 saturated heterocycles. The van der Waals surface area contributed by atoms with E-state index in [0.717, 1.165) is 11.7 Å². The number of nitrogens with zero attached hydrogens (tertiary/aromatic N) is 2. The maximum absolute atomic E-state index is 6.88. The Morgan fingerprint density at radius 2 is 1.60 bits per heavy atom. The molecule has 3 rings (SSSR count). The van der Waals surface area contributed by atoms with Gasteiger partial charge in [-0.3, -0.25) is 0 Å². The predicted molar refractivity (Wildman–Crippen MR) is 114 cm³/mol. The first-order valence-electron chi connectivity index (χ1n) is 9.58. The molecule has 25 heavy (non-hydrogen) atoms. The molecule has 0 radical (unpaired) electrons. The molecule has 0 bridgehead atoms. The van der Waals surface area contributed by atoms with E-state index in [1.54, 1.807) is 12.4 Å². The average Bonchev–Trinajstić information content (AvgIpc) is 3.11. The summed E-state index contributed by atoms with van der Waals surface area (Å²) in [5.41, 5.74) is 1.17. The fraction of sp³-hybridized carbons (Fsp3) is 0.600. The number of hydrogen-bond acceptors (Lipinski definition) is 3. The van der Waals surface area contributed by atoms with Crippen molar-refractivity contribution in [2.24, 2.45) is 15.9 Å². The summed E-state index contributed by atoms with van der Waals surface area (Å²) < 4.78 is 6.88. The topological polar surface area (TPSA) is 34.0 Å². The summed E-state index contributed by atoms with van der Waals surface area (Å²) in [6.45, 7) is 18.2. The van der Waals surface area contributed by atoms with Gasteiger partial charge in [0, 0.05) is 18.0 Å². The Bertz CT molecular complexity index is 633. The van der Waals surface area contributed by atoms with Gasteiger partial charge in [-0.2, -0.15) is 0 Å². The molecule has 2 heterocycles. The van der Waals surface area contributed by atoms with Gasteiger partial charge < -0.3 is 4.43 Å². The fourth-order valence-electron chi connectivity index (χ4n) is 4.96. The van der Waals surface area contributed by atoms with Crippen molar-refractivity contribution < 1.29 is 4.43 Å². The van der Waals surface area contributed by atoms with Gasteiger partial charge in [0.15, 0.2) is 13.7 Å². The first-order valence-corrected chi connectivity index (χ1v) is 16.6. The zero-order valence-electron chi connectivity index (χ0n) is 16.2. The third-order valence-electron chi connectivity index (χ3n) is 6.91. The second-order valence-electron chi connectivity index (χ2n) is 8.70. The summed E-state index contributed by atoms with van der Waals surface area (Å²) in [5.74, 6) is 1.57. The summed E-state index contributed by atoms with van der Waals surface area (Å²) in [4.78, 5) is 9.21. The standard InChI is InChI=1S/C20H32N2OSi2/c1-7-20(8-2)17(19-21-14-15-22-19)18(16-12-10-9-11-13-16)24(3,4)25(5,6)23-20/h7-8,14-16,18H,1-2,9-13H2,3-6H3. The maximum atomic E-state index is 6.88. The smallest absolute Gasteiger partial charge is 0.176 e. The molecule has 2 aliphatic heterocycles. The maximum Gasteiger partial charge on any atom is 0.176 e. The highest BCUT2D eigenvalue weighted by atomic mass is 29.3. The minimum absolute atomic E-state index is 0.543. The highest BCUT2D eigenvalue weighted by Gasteiger charge is 2.61. The van der Waals surface area contributed by atoms with E-state index in [9.17, 15) is 0 Å². The van der Waals surface area contributed by atoms with E-state index in [4.69, 9.17) is 4.43 Å². The van der Waals surface area contributed by atoms with Crippen LogP contribution in [-0.2, 0) is 4.43 Å². The van der Waals surface area contributed by atoms with Crippen molar-refractivity contribution in [1.82, 2.24) is 0 Å². The van der Waals surface area contributed by atoms with Gasteiger partial charge in [-0.15, -0.1) is 0 Å². The van der Waals surface area contributed by atoms with Crippen LogP contribution in [0.1, 0.15) is 32.1 Å². The van der Waals surface area contributed by atoms with E-state index in [0.29, 0.717) is 5.54 Å². The Hall–Kier alpha value is -1.05. The minimum atomic E-state index is -1.88. The van der Waals surface area contributed by atoms with Crippen molar-refractivity contribution in [3.8, 4) is 0 Å². The van der Waals surface area contributed by atoms with E-state index in [1.165, 1.54) is 37.7 Å². The zero-order chi connectivity index (χ0) is 18.3. The van der Waals surface area contributed by atoms with Gasteiger partial charge >= 0.3 is 0 Å². The van der Waals surface area contributed by atoms with Crippen molar-refractivity contribution in [3.63, 3.8) is 0 Å². The summed E-state index contributed by atoms with van der Waals surface area (Å²) in [6, 6.07) is 0. The summed E-state index contributed by atoms with van der Waals surface area (Å²) in [6.07, 6.45) is 14.2. The molecule has 0 aromatic carbocycles. The summed E-state index contributed by atoms with van der Waals surface area (Å²) in [5, 5.41) is 0. The SMILES string of the molecule is C=CC1(C=C)O[Si](C)(C)[Si](C)(C)C(C2CCCCC2)C1=C1N=CC=N1. The number of aliphatic imine (C=N–C) groups is 2. The summed E-state index contributed by atoms with van der Waals surface area (Å²) in [7, 11) is -3.55. The Morgan fingerprint density at radius 3 is 2.12 bits per heavy atom. The van der Waals surface area contributed by atoms with Crippen molar-refractivity contribution in [2.75, 3.05) is 0 Å². The third-order valence-corrected chi connectivity index (χ3v) is 23.7. The van der Waals surface area contributed by atoms with E-state index in [1.807, 2.05) is 12.2 Å². The van der Waals surface area contributed by atoms with Crippen LogP contribution < -0.4 is 0 Å². The van der Waals surface area contributed by atoms with Gasteiger partial charge in [0.2, 0.25) is 0 Å². The molecular weight excluding hydrogens is 340 g/mol. The lowest BCUT2D eigenvalue weighted by atomic mass is 9.79. The zero-order valence-corrected chi connectivity index (χ0v) is 18.2. The van der Waals surface area contributed by atoms with Crippen LogP contribution in [0.25, 0.3) is 0 Å². The van der Waals surface area contributed by atoms with Crippen LogP contribution in [-0.4, -0.2) is 33.5 Å². The van der Waals surface area contributed by atoms with E-state index in [-0.39, 0.29) is 0 Å². The molecule has 3 aliphatic rings. The van der Waals surface area contributed by atoms with Crippen LogP contribution in [0.4, 0.5) is 0 Å². The molecule has 0 N–H and O–H groups in total. The quantitative estimate of drug-likeness (QED) is 0.480. The van der Waals surface area contributed by atoms with Gasteiger partial charge in [-0.25, -0.2) is 9.98 Å². The Balaban J connectivity index is 2.24. The monoisotopic (exact) mass is 372 g/mol. The molecule has 3 nitrogen and oxygen atoms in total. The molecule has 136 valence electrons. The third kappa shape index (κ3) is 2.90.